The number of amides is 1. The van der Waals surface area contributed by atoms with E-state index in [-0.39, 0.29) is 5.91 Å². The van der Waals surface area contributed by atoms with Gasteiger partial charge in [0, 0.05) is 12.5 Å². The zero-order valence-corrected chi connectivity index (χ0v) is 10.6. The van der Waals surface area contributed by atoms with E-state index >= 15 is 0 Å². The standard InChI is InChI=1S/C14H24N2O/c17-14(16-13-6-2-1-3-7-13)9-8-12-5-4-10-15-11-12/h1-2,12-13,15H,3-11H2,(H,16,17). The van der Waals surface area contributed by atoms with Crippen LogP contribution in [0, 0.1) is 5.92 Å². The fraction of sp³-hybridized carbons (Fsp3) is 0.786. The zero-order chi connectivity index (χ0) is 11.9. The number of nitrogens with one attached hydrogen (secondary N) is 2. The molecule has 0 spiro atoms. The molecule has 0 aromatic rings. The van der Waals surface area contributed by atoms with E-state index in [1.165, 1.54) is 12.8 Å². The van der Waals surface area contributed by atoms with E-state index in [0.717, 1.165) is 38.8 Å². The van der Waals surface area contributed by atoms with Crippen LogP contribution in [0.1, 0.15) is 44.9 Å². The van der Waals surface area contributed by atoms with E-state index in [9.17, 15) is 4.79 Å². The summed E-state index contributed by atoms with van der Waals surface area (Å²) in [7, 11) is 0. The number of allylic oxidation sites excluding steroid dienone is 1. The van der Waals surface area contributed by atoms with Crippen LogP contribution in [-0.2, 0) is 4.79 Å². The second kappa shape index (κ2) is 6.80. The lowest BCUT2D eigenvalue weighted by molar-refractivity contribution is -0.122. The van der Waals surface area contributed by atoms with Crippen LogP contribution in [0.3, 0.4) is 0 Å². The Bertz CT molecular complexity index is 269. The van der Waals surface area contributed by atoms with Crippen LogP contribution >= 0.6 is 0 Å². The highest BCUT2D eigenvalue weighted by molar-refractivity contribution is 5.76. The molecule has 1 heterocycles. The Morgan fingerprint density at radius 1 is 1.35 bits per heavy atom. The topological polar surface area (TPSA) is 41.1 Å². The summed E-state index contributed by atoms with van der Waals surface area (Å²) in [5, 5.41) is 6.55. The Hall–Kier alpha value is -0.830. The third-order valence-corrected chi connectivity index (χ3v) is 3.81. The molecule has 2 rings (SSSR count). The van der Waals surface area contributed by atoms with Crippen LogP contribution in [0.5, 0.6) is 0 Å². The van der Waals surface area contributed by atoms with Crippen molar-refractivity contribution in [2.45, 2.75) is 51.0 Å². The molecule has 1 saturated heterocycles. The number of carbonyl (C=O) groups is 1. The Balaban J connectivity index is 1.61. The molecule has 96 valence electrons. The van der Waals surface area contributed by atoms with Gasteiger partial charge in [-0.25, -0.2) is 0 Å². The molecule has 1 amide bonds. The smallest absolute Gasteiger partial charge is 0.220 e. The van der Waals surface area contributed by atoms with Gasteiger partial charge in [0.15, 0.2) is 0 Å². The lowest BCUT2D eigenvalue weighted by atomic mass is 9.94. The van der Waals surface area contributed by atoms with Crippen molar-refractivity contribution >= 4 is 5.91 Å². The predicted molar refractivity (Wildman–Crippen MR) is 69.7 cm³/mol. The van der Waals surface area contributed by atoms with Crippen molar-refractivity contribution in [3.63, 3.8) is 0 Å². The van der Waals surface area contributed by atoms with Crippen molar-refractivity contribution in [3.05, 3.63) is 12.2 Å². The summed E-state index contributed by atoms with van der Waals surface area (Å²) in [5.41, 5.74) is 0. The molecule has 2 unspecified atom stereocenters. The summed E-state index contributed by atoms with van der Waals surface area (Å²) >= 11 is 0. The van der Waals surface area contributed by atoms with Gasteiger partial charge in [-0.15, -0.1) is 0 Å². The van der Waals surface area contributed by atoms with Gasteiger partial charge in [0.25, 0.3) is 0 Å². The Kier molecular flexibility index (Phi) is 5.05. The fourth-order valence-electron chi connectivity index (χ4n) is 2.73. The molecular weight excluding hydrogens is 212 g/mol. The average molecular weight is 236 g/mol. The van der Waals surface area contributed by atoms with Crippen LogP contribution in [0.2, 0.25) is 0 Å². The lowest BCUT2D eigenvalue weighted by Gasteiger charge is -2.23. The minimum Gasteiger partial charge on any atom is -0.353 e. The highest BCUT2D eigenvalue weighted by Gasteiger charge is 2.16. The molecule has 2 aliphatic rings. The number of hydrogen-bond acceptors (Lipinski definition) is 2. The molecule has 2 N–H and O–H groups in total. The van der Waals surface area contributed by atoms with Crippen molar-refractivity contribution in [1.82, 2.24) is 10.6 Å². The van der Waals surface area contributed by atoms with Crippen LogP contribution in [0.15, 0.2) is 12.2 Å². The van der Waals surface area contributed by atoms with Crippen molar-refractivity contribution in [1.29, 1.82) is 0 Å². The molecule has 0 aromatic heterocycles. The van der Waals surface area contributed by atoms with Gasteiger partial charge >= 0.3 is 0 Å². The van der Waals surface area contributed by atoms with Crippen molar-refractivity contribution in [2.24, 2.45) is 5.92 Å². The van der Waals surface area contributed by atoms with Crippen LogP contribution in [-0.4, -0.2) is 25.0 Å². The number of carbonyl (C=O) groups excluding carboxylic acids is 1. The number of hydrogen-bond donors (Lipinski definition) is 2. The van der Waals surface area contributed by atoms with Crippen molar-refractivity contribution in [3.8, 4) is 0 Å². The van der Waals surface area contributed by atoms with E-state index in [0.29, 0.717) is 18.4 Å². The quantitative estimate of drug-likeness (QED) is 0.733. The molecule has 0 bridgehead atoms. The van der Waals surface area contributed by atoms with Gasteiger partial charge in [-0.3, -0.25) is 4.79 Å². The average Bonchev–Trinajstić information content (AvgIpc) is 2.39. The second-order valence-corrected chi connectivity index (χ2v) is 5.30. The maximum Gasteiger partial charge on any atom is 0.220 e. The fourth-order valence-corrected chi connectivity index (χ4v) is 2.73. The first kappa shape index (κ1) is 12.6. The first-order chi connectivity index (χ1) is 8.34. The number of piperidine rings is 1. The minimum atomic E-state index is 0.246. The summed E-state index contributed by atoms with van der Waals surface area (Å²) in [6.07, 6.45) is 11.9. The van der Waals surface area contributed by atoms with E-state index in [2.05, 4.69) is 22.8 Å². The van der Waals surface area contributed by atoms with Crippen LogP contribution in [0.4, 0.5) is 0 Å². The van der Waals surface area contributed by atoms with E-state index < -0.39 is 0 Å². The highest BCUT2D eigenvalue weighted by atomic mass is 16.1. The van der Waals surface area contributed by atoms with Gasteiger partial charge in [-0.05, 0) is 57.5 Å². The SMILES string of the molecule is O=C(CCC1CCCNC1)NC1CC=CCC1. The van der Waals surface area contributed by atoms with E-state index in [4.69, 9.17) is 0 Å². The van der Waals surface area contributed by atoms with Crippen LogP contribution < -0.4 is 10.6 Å². The summed E-state index contributed by atoms with van der Waals surface area (Å²) in [6, 6.07) is 0.386. The van der Waals surface area contributed by atoms with Gasteiger partial charge in [0.1, 0.15) is 0 Å². The summed E-state index contributed by atoms with van der Waals surface area (Å²) < 4.78 is 0. The molecule has 3 nitrogen and oxygen atoms in total. The molecule has 0 aromatic carbocycles. The molecule has 2 atom stereocenters. The van der Waals surface area contributed by atoms with Gasteiger partial charge < -0.3 is 10.6 Å². The second-order valence-electron chi connectivity index (χ2n) is 5.30. The molecular formula is C14H24N2O. The molecule has 3 heteroatoms. The van der Waals surface area contributed by atoms with Gasteiger partial charge in [0.05, 0.1) is 0 Å². The van der Waals surface area contributed by atoms with Gasteiger partial charge in [0.2, 0.25) is 5.91 Å². The Morgan fingerprint density at radius 3 is 3.00 bits per heavy atom. The first-order valence-electron chi connectivity index (χ1n) is 6.99. The molecule has 1 aliphatic heterocycles. The van der Waals surface area contributed by atoms with Gasteiger partial charge in [-0.1, -0.05) is 12.2 Å². The highest BCUT2D eigenvalue weighted by Crippen LogP contribution is 2.16. The molecule has 1 aliphatic carbocycles. The molecule has 0 saturated carbocycles. The zero-order valence-electron chi connectivity index (χ0n) is 10.6. The summed E-state index contributed by atoms with van der Waals surface area (Å²) in [5.74, 6) is 0.955. The predicted octanol–water partition coefficient (Wildman–Crippen LogP) is 1.99. The molecule has 17 heavy (non-hydrogen) atoms. The summed E-state index contributed by atoms with van der Waals surface area (Å²) in [6.45, 7) is 2.25. The van der Waals surface area contributed by atoms with E-state index in [1.807, 2.05) is 0 Å². The number of rotatable bonds is 4. The monoisotopic (exact) mass is 236 g/mol. The third kappa shape index (κ3) is 4.50. The molecule has 1 fully saturated rings. The van der Waals surface area contributed by atoms with Crippen molar-refractivity contribution < 1.29 is 4.79 Å². The van der Waals surface area contributed by atoms with Gasteiger partial charge in [-0.2, -0.15) is 0 Å². The van der Waals surface area contributed by atoms with Crippen LogP contribution in [0.25, 0.3) is 0 Å². The van der Waals surface area contributed by atoms with Crippen molar-refractivity contribution in [2.75, 3.05) is 13.1 Å². The largest absolute Gasteiger partial charge is 0.353 e. The summed E-state index contributed by atoms with van der Waals surface area (Å²) in [4.78, 5) is 11.8. The molecule has 0 radical (unpaired) electrons. The Morgan fingerprint density at radius 2 is 2.29 bits per heavy atom. The Labute approximate surface area is 104 Å². The maximum atomic E-state index is 11.8. The van der Waals surface area contributed by atoms with E-state index in [1.54, 1.807) is 0 Å². The maximum absolute atomic E-state index is 11.8. The first-order valence-corrected chi connectivity index (χ1v) is 6.99. The normalized spacial score (nSPS) is 28.9. The third-order valence-electron chi connectivity index (χ3n) is 3.81. The lowest BCUT2D eigenvalue weighted by Crippen LogP contribution is -2.36. The minimum absolute atomic E-state index is 0.246.